The van der Waals surface area contributed by atoms with E-state index < -0.39 is 11.9 Å². The molecule has 5 aromatic rings. The van der Waals surface area contributed by atoms with Gasteiger partial charge in [-0.05, 0) is 73.6 Å². The van der Waals surface area contributed by atoms with Gasteiger partial charge < -0.3 is 13.9 Å². The zero-order chi connectivity index (χ0) is 24.6. The largest absolute Gasteiger partial charge is 0.463 e. The molecule has 6 rings (SSSR count). The first kappa shape index (κ1) is 22.0. The molecule has 178 valence electrons. The zero-order valence-corrected chi connectivity index (χ0v) is 19.6. The molecule has 1 aliphatic carbocycles. The minimum atomic E-state index is -0.604. The second kappa shape index (κ2) is 8.92. The van der Waals surface area contributed by atoms with Gasteiger partial charge in [0.1, 0.15) is 5.58 Å². The Hall–Kier alpha value is -4.52. The summed E-state index contributed by atoms with van der Waals surface area (Å²) in [5.41, 5.74) is 4.21. The van der Waals surface area contributed by atoms with Crippen LogP contribution in [0.2, 0.25) is 0 Å². The van der Waals surface area contributed by atoms with Crippen molar-refractivity contribution in [1.82, 2.24) is 9.97 Å². The van der Waals surface area contributed by atoms with Gasteiger partial charge >= 0.3 is 11.9 Å². The summed E-state index contributed by atoms with van der Waals surface area (Å²) < 4.78 is 18.0. The molecule has 0 spiro atoms. The van der Waals surface area contributed by atoms with Gasteiger partial charge in [0, 0.05) is 35.6 Å². The maximum Gasteiger partial charge on any atom is 0.345 e. The van der Waals surface area contributed by atoms with Crippen molar-refractivity contribution < 1.29 is 23.5 Å². The van der Waals surface area contributed by atoms with Crippen LogP contribution in [0, 0.1) is 6.92 Å². The number of hydrogen-bond donors (Lipinski definition) is 0. The molecule has 7 heteroatoms. The van der Waals surface area contributed by atoms with Crippen molar-refractivity contribution in [2.75, 3.05) is 0 Å². The van der Waals surface area contributed by atoms with Gasteiger partial charge in [-0.3, -0.25) is 9.97 Å². The molecule has 3 heterocycles. The normalized spacial score (nSPS) is 12.9. The lowest BCUT2D eigenvalue weighted by atomic mass is 9.86. The Balaban J connectivity index is 1.63. The van der Waals surface area contributed by atoms with E-state index in [1.54, 1.807) is 42.9 Å². The van der Waals surface area contributed by atoms with Crippen LogP contribution < -0.4 is 9.47 Å². The number of ether oxygens (including phenoxy) is 2. The number of carbonyl (C=O) groups excluding carboxylic acids is 2. The standard InChI is InChI=1S/C29H22N2O5/c1-17-16-34-25-22-11-10-18-6-2-3-9-21(18)24(22)27(36-29(33)20-8-5-13-31-15-20)26(23(17)25)35-28(32)19-7-4-12-30-14-19/h4-5,7-8,10-16H,2-3,6,9H2,1H3. The predicted molar refractivity (Wildman–Crippen MR) is 133 cm³/mol. The average molecular weight is 479 g/mol. The Morgan fingerprint density at radius 3 is 2.11 bits per heavy atom. The second-order valence-corrected chi connectivity index (χ2v) is 8.88. The van der Waals surface area contributed by atoms with Crippen molar-refractivity contribution in [3.05, 3.63) is 95.3 Å². The molecule has 0 bridgehead atoms. The summed E-state index contributed by atoms with van der Waals surface area (Å²) in [5, 5.41) is 2.14. The average Bonchev–Trinajstić information content (AvgIpc) is 3.32. The van der Waals surface area contributed by atoms with Gasteiger partial charge in [0.15, 0.2) is 11.5 Å². The summed E-state index contributed by atoms with van der Waals surface area (Å²) in [7, 11) is 0. The highest BCUT2D eigenvalue weighted by Gasteiger charge is 2.29. The molecule has 0 atom stereocenters. The first-order chi connectivity index (χ1) is 17.6. The van der Waals surface area contributed by atoms with Gasteiger partial charge in [0.25, 0.3) is 0 Å². The fourth-order valence-electron chi connectivity index (χ4n) is 4.89. The van der Waals surface area contributed by atoms with Crippen LogP contribution in [0.1, 0.15) is 50.2 Å². The summed E-state index contributed by atoms with van der Waals surface area (Å²) >= 11 is 0. The molecule has 1 aliphatic rings. The monoisotopic (exact) mass is 478 g/mol. The zero-order valence-electron chi connectivity index (χ0n) is 19.6. The summed E-state index contributed by atoms with van der Waals surface area (Å²) in [5.74, 6) is -0.814. The van der Waals surface area contributed by atoms with Gasteiger partial charge in [-0.1, -0.05) is 12.1 Å². The number of fused-ring (bicyclic) bond motifs is 5. The molecule has 7 nitrogen and oxygen atoms in total. The highest BCUT2D eigenvalue weighted by atomic mass is 16.6. The van der Waals surface area contributed by atoms with Crippen LogP contribution in [0.4, 0.5) is 0 Å². The van der Waals surface area contributed by atoms with Gasteiger partial charge in [0.2, 0.25) is 0 Å². The number of benzene rings is 2. The number of esters is 2. The highest BCUT2D eigenvalue weighted by Crippen LogP contribution is 2.49. The van der Waals surface area contributed by atoms with E-state index in [0.29, 0.717) is 16.5 Å². The molecule has 0 saturated carbocycles. The van der Waals surface area contributed by atoms with Crippen molar-refractivity contribution >= 4 is 33.7 Å². The molecule has 0 N–H and O–H groups in total. The van der Waals surface area contributed by atoms with Crippen LogP contribution in [0.3, 0.4) is 0 Å². The summed E-state index contributed by atoms with van der Waals surface area (Å²) in [6.07, 6.45) is 11.5. The molecule has 0 amide bonds. The van der Waals surface area contributed by atoms with Crippen LogP contribution in [-0.4, -0.2) is 21.9 Å². The lowest BCUT2D eigenvalue weighted by Crippen LogP contribution is -2.14. The van der Waals surface area contributed by atoms with E-state index in [2.05, 4.69) is 16.0 Å². The van der Waals surface area contributed by atoms with Crippen molar-refractivity contribution in [2.24, 2.45) is 0 Å². The number of rotatable bonds is 4. The lowest BCUT2D eigenvalue weighted by Gasteiger charge is -2.22. The lowest BCUT2D eigenvalue weighted by molar-refractivity contribution is 0.0686. The van der Waals surface area contributed by atoms with Gasteiger partial charge in [-0.25, -0.2) is 9.59 Å². The van der Waals surface area contributed by atoms with E-state index >= 15 is 0 Å². The van der Waals surface area contributed by atoms with E-state index in [-0.39, 0.29) is 17.1 Å². The second-order valence-electron chi connectivity index (χ2n) is 8.88. The number of furan rings is 1. The molecule has 0 unspecified atom stereocenters. The molecule has 0 saturated heterocycles. The van der Waals surface area contributed by atoms with E-state index in [1.165, 1.54) is 18.0 Å². The molecule has 2 aromatic carbocycles. The number of aryl methyl sites for hydroxylation is 3. The van der Waals surface area contributed by atoms with E-state index in [0.717, 1.165) is 47.6 Å². The number of nitrogens with zero attached hydrogens (tertiary/aromatic N) is 2. The maximum absolute atomic E-state index is 13.3. The quantitative estimate of drug-likeness (QED) is 0.231. The minimum Gasteiger partial charge on any atom is -0.463 e. The van der Waals surface area contributed by atoms with E-state index in [4.69, 9.17) is 13.9 Å². The number of pyridine rings is 2. The molecular weight excluding hydrogens is 456 g/mol. The smallest absolute Gasteiger partial charge is 0.345 e. The van der Waals surface area contributed by atoms with Crippen molar-refractivity contribution in [2.45, 2.75) is 32.6 Å². The Morgan fingerprint density at radius 2 is 1.47 bits per heavy atom. The van der Waals surface area contributed by atoms with E-state index in [9.17, 15) is 9.59 Å². The van der Waals surface area contributed by atoms with Gasteiger partial charge in [-0.15, -0.1) is 0 Å². The third-order valence-electron chi connectivity index (χ3n) is 6.60. The summed E-state index contributed by atoms with van der Waals surface area (Å²) in [4.78, 5) is 34.5. The topological polar surface area (TPSA) is 91.5 Å². The third-order valence-corrected chi connectivity index (χ3v) is 6.60. The molecular formula is C29H22N2O5. The third kappa shape index (κ3) is 3.69. The van der Waals surface area contributed by atoms with Crippen LogP contribution in [-0.2, 0) is 12.8 Å². The number of carbonyl (C=O) groups is 2. The van der Waals surface area contributed by atoms with Crippen molar-refractivity contribution in [3.63, 3.8) is 0 Å². The van der Waals surface area contributed by atoms with Gasteiger partial charge in [0.05, 0.1) is 22.8 Å². The van der Waals surface area contributed by atoms with Crippen LogP contribution in [0.15, 0.2) is 71.9 Å². The molecule has 0 fully saturated rings. The van der Waals surface area contributed by atoms with Crippen molar-refractivity contribution in [3.8, 4) is 11.5 Å². The van der Waals surface area contributed by atoms with Gasteiger partial charge in [-0.2, -0.15) is 0 Å². The van der Waals surface area contributed by atoms with Crippen LogP contribution in [0.25, 0.3) is 21.7 Å². The Morgan fingerprint density at radius 1 is 0.833 bits per heavy atom. The summed E-state index contributed by atoms with van der Waals surface area (Å²) in [6, 6.07) is 10.7. The Bertz CT molecular complexity index is 1620. The maximum atomic E-state index is 13.3. The first-order valence-corrected chi connectivity index (χ1v) is 11.8. The molecule has 0 radical (unpaired) electrons. The predicted octanol–water partition coefficient (Wildman–Crippen LogP) is 6.00. The number of aromatic nitrogens is 2. The molecule has 3 aromatic heterocycles. The molecule has 36 heavy (non-hydrogen) atoms. The SMILES string of the molecule is Cc1coc2c1c(OC(=O)c1cccnc1)c(OC(=O)c1cccnc1)c1c3c(ccc12)CCCC3. The highest BCUT2D eigenvalue weighted by molar-refractivity contribution is 6.15. The van der Waals surface area contributed by atoms with Crippen molar-refractivity contribution in [1.29, 1.82) is 0 Å². The first-order valence-electron chi connectivity index (χ1n) is 11.8. The Labute approximate surface area is 206 Å². The van der Waals surface area contributed by atoms with Crippen LogP contribution in [0.5, 0.6) is 11.5 Å². The fraction of sp³-hybridized carbons (Fsp3) is 0.172. The fourth-order valence-corrected chi connectivity index (χ4v) is 4.89. The minimum absolute atomic E-state index is 0.161. The van der Waals surface area contributed by atoms with E-state index in [1.807, 2.05) is 13.0 Å². The molecule has 0 aliphatic heterocycles. The summed E-state index contributed by atoms with van der Waals surface area (Å²) in [6.45, 7) is 1.87. The Kier molecular flexibility index (Phi) is 5.45. The van der Waals surface area contributed by atoms with Crippen LogP contribution >= 0.6 is 0 Å². The number of hydrogen-bond acceptors (Lipinski definition) is 7.